The lowest BCUT2D eigenvalue weighted by atomic mass is 10.1. The molecule has 0 saturated heterocycles. The van der Waals surface area contributed by atoms with Crippen molar-refractivity contribution in [2.75, 3.05) is 21.2 Å². The van der Waals surface area contributed by atoms with Gasteiger partial charge in [0.25, 0.3) is 5.91 Å². The van der Waals surface area contributed by atoms with E-state index in [1.807, 2.05) is 56.6 Å². The minimum Gasteiger partial charge on any atom is -0.481 e. The summed E-state index contributed by atoms with van der Waals surface area (Å²) in [6.07, 6.45) is 2.65. The minimum absolute atomic E-state index is 0. The predicted molar refractivity (Wildman–Crippen MR) is 114 cm³/mol. The Bertz CT molecular complexity index is 972. The summed E-state index contributed by atoms with van der Waals surface area (Å²) in [6, 6.07) is 15.9. The molecule has 7 nitrogen and oxygen atoms in total. The van der Waals surface area contributed by atoms with Gasteiger partial charge in [0.1, 0.15) is 0 Å². The summed E-state index contributed by atoms with van der Waals surface area (Å²) in [4.78, 5) is 19.1. The molecule has 0 spiro atoms. The van der Waals surface area contributed by atoms with Gasteiger partial charge in [-0.25, -0.2) is 9.67 Å². The first kappa shape index (κ1) is 20.8. The van der Waals surface area contributed by atoms with E-state index in [0.29, 0.717) is 17.6 Å². The smallest absolute Gasteiger partial charge is 0.272 e. The Hall–Kier alpha value is -2.90. The van der Waals surface area contributed by atoms with Gasteiger partial charge in [0.15, 0.2) is 5.69 Å². The number of nitrogens with one attached hydrogen (secondary N) is 1. The SMILES string of the molecule is COc1ccc(-n2nc(C(=O)NC3CC3N(C)C)cc2-c2ccccc2)cn1.Cl. The zero-order valence-corrected chi connectivity index (χ0v) is 17.4. The molecule has 152 valence electrons. The molecule has 1 saturated carbocycles. The number of rotatable bonds is 6. The summed E-state index contributed by atoms with van der Waals surface area (Å²) in [6.45, 7) is 0. The van der Waals surface area contributed by atoms with Gasteiger partial charge in [-0.15, -0.1) is 12.4 Å². The number of likely N-dealkylation sites (N-methyl/N-ethyl adjacent to an activating group) is 1. The Morgan fingerprint density at radius 2 is 1.97 bits per heavy atom. The number of benzene rings is 1. The first-order valence-corrected chi connectivity index (χ1v) is 9.20. The highest BCUT2D eigenvalue weighted by molar-refractivity contribution is 5.94. The number of hydrogen-bond donors (Lipinski definition) is 1. The summed E-state index contributed by atoms with van der Waals surface area (Å²) in [5.41, 5.74) is 2.95. The molecule has 0 radical (unpaired) electrons. The number of hydrogen-bond acceptors (Lipinski definition) is 5. The van der Waals surface area contributed by atoms with Crippen LogP contribution in [0.4, 0.5) is 0 Å². The first-order valence-electron chi connectivity index (χ1n) is 9.20. The monoisotopic (exact) mass is 413 g/mol. The molecule has 1 aliphatic carbocycles. The average Bonchev–Trinajstić information content (AvgIpc) is 3.35. The van der Waals surface area contributed by atoms with Gasteiger partial charge in [0.05, 0.1) is 24.7 Å². The summed E-state index contributed by atoms with van der Waals surface area (Å²) < 4.78 is 6.88. The minimum atomic E-state index is -0.160. The van der Waals surface area contributed by atoms with Gasteiger partial charge in [-0.3, -0.25) is 4.79 Å². The van der Waals surface area contributed by atoms with Crippen molar-refractivity contribution in [2.24, 2.45) is 0 Å². The second-order valence-corrected chi connectivity index (χ2v) is 7.10. The second kappa shape index (κ2) is 8.63. The number of nitrogens with zero attached hydrogens (tertiary/aromatic N) is 4. The van der Waals surface area contributed by atoms with Crippen molar-refractivity contribution >= 4 is 18.3 Å². The Morgan fingerprint density at radius 3 is 2.55 bits per heavy atom. The molecular weight excluding hydrogens is 390 g/mol. The molecule has 0 aliphatic heterocycles. The summed E-state index contributed by atoms with van der Waals surface area (Å²) in [5, 5.41) is 7.64. The van der Waals surface area contributed by atoms with Gasteiger partial charge < -0.3 is 15.0 Å². The normalized spacial score (nSPS) is 17.5. The van der Waals surface area contributed by atoms with E-state index >= 15 is 0 Å². The first-order chi connectivity index (χ1) is 13.6. The number of carbonyl (C=O) groups is 1. The van der Waals surface area contributed by atoms with Crippen LogP contribution in [-0.4, -0.2) is 58.9 Å². The van der Waals surface area contributed by atoms with Crippen LogP contribution in [0.25, 0.3) is 16.9 Å². The van der Waals surface area contributed by atoms with Crippen molar-refractivity contribution < 1.29 is 9.53 Å². The molecule has 4 rings (SSSR count). The summed E-state index contributed by atoms with van der Waals surface area (Å²) >= 11 is 0. The lowest BCUT2D eigenvalue weighted by Crippen LogP contribution is -2.31. The maximum absolute atomic E-state index is 12.8. The van der Waals surface area contributed by atoms with Crippen LogP contribution in [0.3, 0.4) is 0 Å². The zero-order valence-electron chi connectivity index (χ0n) is 16.6. The fourth-order valence-electron chi connectivity index (χ4n) is 3.27. The number of pyridine rings is 1. The van der Waals surface area contributed by atoms with E-state index in [1.165, 1.54) is 0 Å². The van der Waals surface area contributed by atoms with Gasteiger partial charge in [-0.1, -0.05) is 30.3 Å². The molecule has 1 N–H and O–H groups in total. The quantitative estimate of drug-likeness (QED) is 0.672. The van der Waals surface area contributed by atoms with E-state index in [4.69, 9.17) is 4.74 Å². The standard InChI is InChI=1S/C21H23N5O2.ClH/c1-25(2)19-11-16(19)23-21(27)17-12-18(14-7-5-4-6-8-14)26(24-17)15-9-10-20(28-3)22-13-15;/h4-10,12-13,16,19H,11H2,1-3H3,(H,23,27);1H. The van der Waals surface area contributed by atoms with Crippen LogP contribution in [0.1, 0.15) is 16.9 Å². The van der Waals surface area contributed by atoms with E-state index in [1.54, 1.807) is 24.1 Å². The van der Waals surface area contributed by atoms with Crippen LogP contribution in [0.2, 0.25) is 0 Å². The van der Waals surface area contributed by atoms with Gasteiger partial charge in [-0.05, 0) is 32.6 Å². The van der Waals surface area contributed by atoms with Crippen LogP contribution in [0.5, 0.6) is 5.88 Å². The summed E-state index contributed by atoms with van der Waals surface area (Å²) in [7, 11) is 5.62. The van der Waals surface area contributed by atoms with Crippen molar-refractivity contribution in [1.29, 1.82) is 0 Å². The van der Waals surface area contributed by atoms with E-state index in [0.717, 1.165) is 23.4 Å². The van der Waals surface area contributed by atoms with Crippen molar-refractivity contribution in [2.45, 2.75) is 18.5 Å². The molecule has 2 atom stereocenters. The highest BCUT2D eigenvalue weighted by Gasteiger charge is 2.40. The number of carbonyl (C=O) groups excluding carboxylic acids is 1. The van der Waals surface area contributed by atoms with Crippen LogP contribution in [0, 0.1) is 0 Å². The maximum Gasteiger partial charge on any atom is 0.272 e. The lowest BCUT2D eigenvalue weighted by molar-refractivity contribution is 0.0942. The maximum atomic E-state index is 12.8. The largest absolute Gasteiger partial charge is 0.481 e. The molecule has 1 aliphatic rings. The number of aromatic nitrogens is 3. The molecule has 3 aromatic rings. The Morgan fingerprint density at radius 1 is 1.21 bits per heavy atom. The molecular formula is C21H24ClN5O2. The third kappa shape index (κ3) is 4.41. The molecule has 2 heterocycles. The second-order valence-electron chi connectivity index (χ2n) is 7.10. The van der Waals surface area contributed by atoms with Crippen molar-refractivity contribution in [3.8, 4) is 22.8 Å². The molecule has 8 heteroatoms. The van der Waals surface area contributed by atoms with Gasteiger partial charge in [0.2, 0.25) is 5.88 Å². The Kier molecular flexibility index (Phi) is 6.20. The lowest BCUT2D eigenvalue weighted by Gasteiger charge is -2.09. The number of amides is 1. The average molecular weight is 414 g/mol. The zero-order chi connectivity index (χ0) is 19.7. The van der Waals surface area contributed by atoms with E-state index in [9.17, 15) is 4.79 Å². The fraction of sp³-hybridized carbons (Fsp3) is 0.286. The van der Waals surface area contributed by atoms with Crippen molar-refractivity contribution in [3.63, 3.8) is 0 Å². The molecule has 29 heavy (non-hydrogen) atoms. The van der Waals surface area contributed by atoms with Gasteiger partial charge >= 0.3 is 0 Å². The molecule has 2 unspecified atom stereocenters. The third-order valence-electron chi connectivity index (χ3n) is 4.92. The van der Waals surface area contributed by atoms with E-state index < -0.39 is 0 Å². The highest BCUT2D eigenvalue weighted by Crippen LogP contribution is 2.27. The van der Waals surface area contributed by atoms with Crippen molar-refractivity contribution in [1.82, 2.24) is 25.0 Å². The molecule has 0 bridgehead atoms. The highest BCUT2D eigenvalue weighted by atomic mass is 35.5. The topological polar surface area (TPSA) is 72.3 Å². The Balaban J connectivity index is 0.00000240. The fourth-order valence-corrected chi connectivity index (χ4v) is 3.27. The number of methoxy groups -OCH3 is 1. The molecule has 2 aromatic heterocycles. The van der Waals surface area contributed by atoms with Gasteiger partial charge in [-0.2, -0.15) is 5.10 Å². The van der Waals surface area contributed by atoms with Crippen LogP contribution in [-0.2, 0) is 0 Å². The molecule has 1 fully saturated rings. The van der Waals surface area contributed by atoms with Crippen LogP contribution < -0.4 is 10.1 Å². The number of ether oxygens (including phenoxy) is 1. The van der Waals surface area contributed by atoms with E-state index in [2.05, 4.69) is 20.3 Å². The molecule has 1 amide bonds. The third-order valence-corrected chi connectivity index (χ3v) is 4.92. The predicted octanol–water partition coefficient (Wildman–Crippen LogP) is 2.80. The van der Waals surface area contributed by atoms with Gasteiger partial charge in [0, 0.05) is 23.7 Å². The van der Waals surface area contributed by atoms with Crippen molar-refractivity contribution in [3.05, 3.63) is 60.4 Å². The Labute approximate surface area is 176 Å². The van der Waals surface area contributed by atoms with Crippen LogP contribution in [0.15, 0.2) is 54.7 Å². The molecule has 1 aromatic carbocycles. The van der Waals surface area contributed by atoms with E-state index in [-0.39, 0.29) is 24.4 Å². The van der Waals surface area contributed by atoms with Crippen LogP contribution >= 0.6 is 12.4 Å². The summed E-state index contributed by atoms with van der Waals surface area (Å²) in [5.74, 6) is 0.366. The number of halogens is 1.